The Bertz CT molecular complexity index is 1260. The number of hydrogen-bond acceptors (Lipinski definition) is 9. The monoisotopic (exact) mass is 611 g/mol. The van der Waals surface area contributed by atoms with Crippen LogP contribution in [0.2, 0.25) is 0 Å². The Kier molecular flexibility index (Phi) is 11.9. The third-order valence-corrected chi connectivity index (χ3v) is 7.72. The molecule has 2 aromatic carbocycles. The van der Waals surface area contributed by atoms with Gasteiger partial charge in [-0.25, -0.2) is 5.48 Å². The van der Waals surface area contributed by atoms with Gasteiger partial charge in [0.15, 0.2) is 6.29 Å². The summed E-state index contributed by atoms with van der Waals surface area (Å²) in [6.07, 6.45) is 2.35. The second-order valence-corrected chi connectivity index (χ2v) is 12.5. The van der Waals surface area contributed by atoms with Gasteiger partial charge in [0.2, 0.25) is 11.8 Å². The van der Waals surface area contributed by atoms with E-state index in [4.69, 9.17) is 19.4 Å². The number of amides is 2. The molecule has 4 N–H and O–H groups in total. The van der Waals surface area contributed by atoms with Gasteiger partial charge in [-0.2, -0.15) is 0 Å². The lowest BCUT2D eigenvalue weighted by Gasteiger charge is -2.38. The minimum atomic E-state index is -0.715. The van der Waals surface area contributed by atoms with Gasteiger partial charge in [-0.3, -0.25) is 24.5 Å². The third-order valence-electron chi connectivity index (χ3n) is 7.72. The maximum absolute atomic E-state index is 13.0. The van der Waals surface area contributed by atoms with Gasteiger partial charge < -0.3 is 24.6 Å². The van der Waals surface area contributed by atoms with E-state index >= 15 is 0 Å². The fraction of sp³-hybridized carbons (Fsp3) is 0.545. The average Bonchev–Trinajstić information content (AvgIpc) is 3.46. The van der Waals surface area contributed by atoms with Crippen molar-refractivity contribution in [3.63, 3.8) is 0 Å². The molecule has 2 amide bonds. The molecule has 0 aromatic heterocycles. The fourth-order valence-electron chi connectivity index (χ4n) is 5.59. The van der Waals surface area contributed by atoms with E-state index in [1.165, 1.54) is 0 Å². The molecule has 0 bridgehead atoms. The predicted octanol–water partition coefficient (Wildman–Crippen LogP) is 4.53. The van der Waals surface area contributed by atoms with Crippen LogP contribution in [0.15, 0.2) is 48.5 Å². The highest BCUT2D eigenvalue weighted by Crippen LogP contribution is 2.39. The highest BCUT2D eigenvalue weighted by Gasteiger charge is 2.39. The second-order valence-electron chi connectivity index (χ2n) is 12.5. The molecule has 2 aliphatic heterocycles. The highest BCUT2D eigenvalue weighted by molar-refractivity contribution is 5.90. The molecular formula is C33H45N3O8. The van der Waals surface area contributed by atoms with Gasteiger partial charge >= 0.3 is 5.97 Å². The van der Waals surface area contributed by atoms with Crippen molar-refractivity contribution in [2.45, 2.75) is 102 Å². The molecule has 0 radical (unpaired) electrons. The summed E-state index contributed by atoms with van der Waals surface area (Å²) in [6.45, 7) is 6.89. The van der Waals surface area contributed by atoms with E-state index < -0.39 is 17.8 Å². The van der Waals surface area contributed by atoms with Crippen molar-refractivity contribution in [3.8, 4) is 0 Å². The third kappa shape index (κ3) is 9.83. The topological polar surface area (TPSA) is 147 Å². The lowest BCUT2D eigenvalue weighted by atomic mass is 9.99. The number of aliphatic hydroxyl groups excluding tert-OH is 1. The van der Waals surface area contributed by atoms with Crippen LogP contribution < -0.4 is 10.8 Å². The van der Waals surface area contributed by atoms with Gasteiger partial charge in [-0.05, 0) is 76.3 Å². The zero-order valence-electron chi connectivity index (χ0n) is 25.8. The van der Waals surface area contributed by atoms with Gasteiger partial charge in [0.1, 0.15) is 11.6 Å². The van der Waals surface area contributed by atoms with Crippen molar-refractivity contribution < 1.29 is 38.9 Å². The van der Waals surface area contributed by atoms with Crippen molar-refractivity contribution in [2.24, 2.45) is 0 Å². The summed E-state index contributed by atoms with van der Waals surface area (Å²) in [5.41, 5.74) is 4.15. The summed E-state index contributed by atoms with van der Waals surface area (Å²) < 4.78 is 18.7. The Morgan fingerprint density at radius 1 is 1.00 bits per heavy atom. The summed E-state index contributed by atoms with van der Waals surface area (Å²) in [4.78, 5) is 38.8. The van der Waals surface area contributed by atoms with Crippen LogP contribution in [0.1, 0.15) is 94.8 Å². The number of hydroxylamine groups is 1. The number of unbranched alkanes of at least 4 members (excludes halogenated alkanes) is 1. The van der Waals surface area contributed by atoms with Gasteiger partial charge in [0, 0.05) is 37.1 Å². The number of nitrogens with one attached hydrogen (secondary N) is 2. The largest absolute Gasteiger partial charge is 0.459 e. The Morgan fingerprint density at radius 2 is 1.73 bits per heavy atom. The van der Waals surface area contributed by atoms with Crippen LogP contribution in [-0.2, 0) is 35.2 Å². The van der Waals surface area contributed by atoms with E-state index in [-0.39, 0.29) is 49.6 Å². The van der Waals surface area contributed by atoms with E-state index in [1.54, 1.807) is 11.5 Å². The van der Waals surface area contributed by atoms with E-state index in [2.05, 4.69) is 10.2 Å². The van der Waals surface area contributed by atoms with Gasteiger partial charge in [-0.15, -0.1) is 0 Å². The molecule has 0 unspecified atom stereocenters. The molecule has 240 valence electrons. The van der Waals surface area contributed by atoms with Crippen molar-refractivity contribution in [2.75, 3.05) is 18.4 Å². The number of ether oxygens (including phenoxy) is 3. The van der Waals surface area contributed by atoms with Crippen molar-refractivity contribution in [1.29, 1.82) is 0 Å². The van der Waals surface area contributed by atoms with Crippen LogP contribution in [0.3, 0.4) is 0 Å². The molecule has 2 fully saturated rings. The Balaban J connectivity index is 1.47. The minimum Gasteiger partial charge on any atom is -0.459 e. The molecule has 0 saturated carbocycles. The summed E-state index contributed by atoms with van der Waals surface area (Å²) in [5, 5.41) is 21.0. The molecule has 11 heteroatoms. The fourth-order valence-corrected chi connectivity index (χ4v) is 5.59. The molecule has 2 aliphatic rings. The predicted molar refractivity (Wildman–Crippen MR) is 162 cm³/mol. The number of aliphatic hydroxyl groups is 1. The molecule has 2 saturated heterocycles. The lowest BCUT2D eigenvalue weighted by molar-refractivity contribution is -0.253. The number of likely N-dealkylation sites (tertiary alicyclic amines) is 1. The standard InChI is InChI=1S/C33H45N3O8/c1-33(2,3)44-31(40)27-10-7-17-36(27)20-26-19-28(23-15-13-22(21-37)14-16-23)43-32(42-26)24-8-6-9-25(18-24)34-29(38)11-4-5-12-30(39)35-41/h6,8-9,13-16,18,26-28,32,37,41H,4-5,7,10-12,17,19-21H2,1-3H3,(H,34,38)(H,35,39)/t26-,27+,28+,32+/m1/s1. The van der Waals surface area contributed by atoms with E-state index in [0.717, 1.165) is 36.1 Å². The number of rotatable bonds is 12. The van der Waals surface area contributed by atoms with Crippen molar-refractivity contribution in [3.05, 3.63) is 65.2 Å². The SMILES string of the molecule is CC(C)(C)OC(=O)[C@@H]1CCCN1C[C@H]1C[C@@H](c2ccc(CO)cc2)O[C@@H](c2cccc(NC(=O)CCCCC(=O)NO)c2)O1. The summed E-state index contributed by atoms with van der Waals surface area (Å²) in [7, 11) is 0. The van der Waals surface area contributed by atoms with Crippen molar-refractivity contribution in [1.82, 2.24) is 10.4 Å². The maximum atomic E-state index is 13.0. The molecule has 0 spiro atoms. The Hall–Kier alpha value is -3.35. The summed E-state index contributed by atoms with van der Waals surface area (Å²) in [5.74, 6) is -0.870. The first-order valence-corrected chi connectivity index (χ1v) is 15.3. The second kappa shape index (κ2) is 15.6. The number of nitrogens with zero attached hydrogens (tertiary/aromatic N) is 1. The van der Waals surface area contributed by atoms with Crippen LogP contribution in [0.5, 0.6) is 0 Å². The summed E-state index contributed by atoms with van der Waals surface area (Å²) >= 11 is 0. The lowest BCUT2D eigenvalue weighted by Crippen LogP contribution is -2.45. The Morgan fingerprint density at radius 3 is 2.41 bits per heavy atom. The molecule has 4 atom stereocenters. The van der Waals surface area contributed by atoms with Crippen LogP contribution in [0.25, 0.3) is 0 Å². The molecule has 0 aliphatic carbocycles. The van der Waals surface area contributed by atoms with E-state index in [1.807, 2.05) is 63.2 Å². The normalized spacial score (nSPS) is 22.4. The molecule has 2 aromatic rings. The van der Waals surface area contributed by atoms with Crippen LogP contribution in [-0.4, -0.2) is 63.8 Å². The number of hydrogen-bond donors (Lipinski definition) is 4. The zero-order valence-corrected chi connectivity index (χ0v) is 25.8. The van der Waals surface area contributed by atoms with Gasteiger partial charge in [0.25, 0.3) is 0 Å². The number of esters is 1. The smallest absolute Gasteiger partial charge is 0.323 e. The number of carbonyl (C=O) groups excluding carboxylic acids is 3. The van der Waals surface area contributed by atoms with Crippen LogP contribution >= 0.6 is 0 Å². The first-order valence-electron chi connectivity index (χ1n) is 15.3. The number of carbonyl (C=O) groups is 3. The van der Waals surface area contributed by atoms with Crippen LogP contribution in [0, 0.1) is 0 Å². The van der Waals surface area contributed by atoms with Gasteiger partial charge in [0.05, 0.1) is 18.8 Å². The highest BCUT2D eigenvalue weighted by atomic mass is 16.7. The number of benzene rings is 2. The summed E-state index contributed by atoms with van der Waals surface area (Å²) in [6, 6.07) is 14.7. The Labute approximate surface area is 258 Å². The first-order chi connectivity index (χ1) is 21.0. The zero-order chi connectivity index (χ0) is 31.7. The van der Waals surface area contributed by atoms with Gasteiger partial charge in [-0.1, -0.05) is 36.4 Å². The van der Waals surface area contributed by atoms with E-state index in [9.17, 15) is 19.5 Å². The number of anilines is 1. The van der Waals surface area contributed by atoms with E-state index in [0.29, 0.717) is 31.5 Å². The van der Waals surface area contributed by atoms with Crippen LogP contribution in [0.4, 0.5) is 5.69 Å². The maximum Gasteiger partial charge on any atom is 0.323 e. The molecule has 11 nitrogen and oxygen atoms in total. The average molecular weight is 612 g/mol. The molecule has 44 heavy (non-hydrogen) atoms. The first kappa shape index (κ1) is 33.5. The molecule has 2 heterocycles. The molecular weight excluding hydrogens is 566 g/mol. The molecule has 4 rings (SSSR count). The quantitative estimate of drug-likeness (QED) is 0.118. The minimum absolute atomic E-state index is 0.0440. The van der Waals surface area contributed by atoms with Crippen molar-refractivity contribution >= 4 is 23.5 Å².